The van der Waals surface area contributed by atoms with Crippen molar-refractivity contribution in [2.24, 2.45) is 0 Å². The summed E-state index contributed by atoms with van der Waals surface area (Å²) < 4.78 is 0. The van der Waals surface area contributed by atoms with Crippen LogP contribution in [0, 0.1) is 0 Å². The number of benzene rings is 1. The quantitative estimate of drug-likeness (QED) is 0.712. The first-order valence-electron chi connectivity index (χ1n) is 7.09. The molecule has 0 aliphatic heterocycles. The molecule has 116 valence electrons. The van der Waals surface area contributed by atoms with Gasteiger partial charge in [-0.25, -0.2) is 4.98 Å². The Kier molecular flexibility index (Phi) is 5.19. The minimum atomic E-state index is -0.217. The van der Waals surface area contributed by atoms with Crippen LogP contribution in [0.25, 0.3) is 11.0 Å². The molecule has 1 heterocycles. The van der Waals surface area contributed by atoms with Crippen molar-refractivity contribution in [3.05, 3.63) is 23.5 Å². The van der Waals surface area contributed by atoms with Gasteiger partial charge in [0.1, 0.15) is 0 Å². The molecule has 0 saturated carbocycles. The smallest absolute Gasteiger partial charge is 0.0932 e. The van der Waals surface area contributed by atoms with Gasteiger partial charge in [-0.1, -0.05) is 49.5 Å². The van der Waals surface area contributed by atoms with E-state index in [2.05, 4.69) is 75.4 Å². The van der Waals surface area contributed by atoms with Gasteiger partial charge in [0.25, 0.3) is 0 Å². The third-order valence-corrected chi connectivity index (χ3v) is 13.7. The number of nitrogens with one attached hydrogen (secondary N) is 1. The Balaban J connectivity index is 2.96. The van der Waals surface area contributed by atoms with Crippen LogP contribution >= 0.6 is 33.1 Å². The van der Waals surface area contributed by atoms with Gasteiger partial charge < -0.3 is 4.98 Å². The molecular weight excluding hydrogens is 332 g/mol. The van der Waals surface area contributed by atoms with Crippen molar-refractivity contribution in [1.29, 1.82) is 0 Å². The summed E-state index contributed by atoms with van der Waals surface area (Å²) in [5.41, 5.74) is 5.40. The van der Waals surface area contributed by atoms with Crippen LogP contribution < -0.4 is 5.30 Å². The van der Waals surface area contributed by atoms with E-state index in [4.69, 9.17) is 0 Å². The van der Waals surface area contributed by atoms with Crippen molar-refractivity contribution in [2.75, 3.05) is 0 Å². The van der Waals surface area contributed by atoms with Crippen LogP contribution in [0.1, 0.15) is 52.7 Å². The second-order valence-corrected chi connectivity index (χ2v) is 16.6. The second kappa shape index (κ2) is 6.13. The Hall–Kier alpha value is 0.410. The highest BCUT2D eigenvalue weighted by Crippen LogP contribution is 2.66. The van der Waals surface area contributed by atoms with Gasteiger partial charge in [0, 0.05) is 0 Å². The summed E-state index contributed by atoms with van der Waals surface area (Å²) in [7, 11) is 6.63. The minimum Gasteiger partial charge on any atom is -0.345 e. The first-order valence-corrected chi connectivity index (χ1v) is 13.7. The Morgan fingerprint density at radius 1 is 1.10 bits per heavy atom. The number of hydrogen-bond acceptors (Lipinski definition) is 1. The minimum absolute atomic E-state index is 0.0803. The van der Waals surface area contributed by atoms with Gasteiger partial charge in [-0.15, -0.1) is 17.9 Å². The van der Waals surface area contributed by atoms with Gasteiger partial charge >= 0.3 is 0 Å². The van der Waals surface area contributed by atoms with Gasteiger partial charge in [-0.05, 0) is 40.6 Å². The first-order chi connectivity index (χ1) is 9.57. The Bertz CT molecular complexity index is 650. The summed E-state index contributed by atoms with van der Waals surface area (Å²) in [6, 6.07) is 2.33. The van der Waals surface area contributed by atoms with E-state index in [-0.39, 0.29) is 18.1 Å². The number of rotatable bonds is 2. The molecule has 2 aromatic rings. The Morgan fingerprint density at radius 2 is 1.67 bits per heavy atom. The normalized spacial score (nSPS) is 15.2. The van der Waals surface area contributed by atoms with Crippen LogP contribution in [0.3, 0.4) is 0 Å². The number of aromatic nitrogens is 2. The third kappa shape index (κ3) is 3.51. The van der Waals surface area contributed by atoms with Gasteiger partial charge in [0.05, 0.1) is 17.4 Å². The molecular formula is C15H26N2P4. The number of aromatic amines is 1. The molecule has 0 aliphatic carbocycles. The van der Waals surface area contributed by atoms with Gasteiger partial charge in [-0.2, -0.15) is 0 Å². The fraction of sp³-hybridized carbons (Fsp3) is 0.533. The molecule has 4 unspecified atom stereocenters. The van der Waals surface area contributed by atoms with E-state index in [9.17, 15) is 0 Å². The van der Waals surface area contributed by atoms with Crippen molar-refractivity contribution >= 4 is 49.5 Å². The van der Waals surface area contributed by atoms with Crippen LogP contribution in [0.5, 0.6) is 0 Å². The van der Waals surface area contributed by atoms with Crippen LogP contribution in [0.2, 0.25) is 0 Å². The standard InChI is InChI=1S/C15H26N2P4/c1-14(2,3)11-10(21(19)20-18)7-9-13(17-8-16-9)12(11)15(4,5)6/h7-8,20H,18-19H2,1-6H3,(H,16,17). The van der Waals surface area contributed by atoms with Gasteiger partial charge in [-0.3, -0.25) is 0 Å². The van der Waals surface area contributed by atoms with E-state index in [1.165, 1.54) is 21.9 Å². The predicted molar refractivity (Wildman–Crippen MR) is 108 cm³/mol. The van der Waals surface area contributed by atoms with E-state index >= 15 is 0 Å². The van der Waals surface area contributed by atoms with Crippen LogP contribution in [0.15, 0.2) is 12.4 Å². The highest BCUT2D eigenvalue weighted by Gasteiger charge is 2.32. The average molecular weight is 358 g/mol. The zero-order valence-corrected chi connectivity index (χ0v) is 17.9. The maximum absolute atomic E-state index is 4.63. The highest BCUT2D eigenvalue weighted by molar-refractivity contribution is 8.63. The molecule has 2 nitrogen and oxygen atoms in total. The lowest BCUT2D eigenvalue weighted by Gasteiger charge is -2.34. The Morgan fingerprint density at radius 3 is 2.14 bits per heavy atom. The highest BCUT2D eigenvalue weighted by atomic mass is 32.6. The van der Waals surface area contributed by atoms with E-state index in [1.807, 2.05) is 6.33 Å². The molecule has 4 atom stereocenters. The van der Waals surface area contributed by atoms with Crippen LogP contribution in [0.4, 0.5) is 0 Å². The summed E-state index contributed by atoms with van der Waals surface area (Å²) in [6.07, 6.45) is 1.82. The molecule has 1 aromatic carbocycles. The molecule has 0 aliphatic rings. The second-order valence-electron chi connectivity index (χ2n) is 7.44. The molecule has 0 spiro atoms. The molecule has 0 fully saturated rings. The average Bonchev–Trinajstić information content (AvgIpc) is 2.80. The molecule has 0 radical (unpaired) electrons. The summed E-state index contributed by atoms with van der Waals surface area (Å²) in [5.74, 6) is 0. The number of fused-ring (bicyclic) bond motifs is 1. The zero-order chi connectivity index (χ0) is 16.0. The number of hydrogen-bond donors (Lipinski definition) is 1. The number of H-pyrrole nitrogens is 1. The largest absolute Gasteiger partial charge is 0.345 e. The molecule has 21 heavy (non-hydrogen) atoms. The van der Waals surface area contributed by atoms with Crippen molar-refractivity contribution in [1.82, 2.24) is 9.97 Å². The summed E-state index contributed by atoms with van der Waals surface area (Å²) in [5, 5.41) is 1.50. The lowest BCUT2D eigenvalue weighted by Crippen LogP contribution is -2.28. The molecule has 1 aromatic heterocycles. The van der Waals surface area contributed by atoms with Crippen molar-refractivity contribution in [3.63, 3.8) is 0 Å². The molecule has 0 amide bonds. The van der Waals surface area contributed by atoms with Crippen molar-refractivity contribution in [3.8, 4) is 0 Å². The van der Waals surface area contributed by atoms with Crippen LogP contribution in [-0.4, -0.2) is 9.97 Å². The molecule has 0 saturated heterocycles. The van der Waals surface area contributed by atoms with Crippen LogP contribution in [-0.2, 0) is 10.8 Å². The maximum atomic E-state index is 4.63. The van der Waals surface area contributed by atoms with Crippen molar-refractivity contribution < 1.29 is 0 Å². The third-order valence-electron chi connectivity index (χ3n) is 3.59. The van der Waals surface area contributed by atoms with E-state index < -0.39 is 0 Å². The summed E-state index contributed by atoms with van der Waals surface area (Å²) in [4.78, 5) is 7.94. The topological polar surface area (TPSA) is 28.7 Å². The fourth-order valence-electron chi connectivity index (χ4n) is 2.82. The van der Waals surface area contributed by atoms with Gasteiger partial charge in [0.15, 0.2) is 0 Å². The lowest BCUT2D eigenvalue weighted by atomic mass is 9.74. The SMILES string of the molecule is CC(C)(C)c1c(P(P)PP)cc2[nH]cnc2c1C(C)(C)C. The summed E-state index contributed by atoms with van der Waals surface area (Å²) >= 11 is 0. The van der Waals surface area contributed by atoms with E-state index in [0.717, 1.165) is 13.5 Å². The Labute approximate surface area is 135 Å². The first kappa shape index (κ1) is 17.8. The molecule has 2 rings (SSSR count). The van der Waals surface area contributed by atoms with E-state index in [0.29, 0.717) is 0 Å². The van der Waals surface area contributed by atoms with Gasteiger partial charge in [0.2, 0.25) is 0 Å². The maximum Gasteiger partial charge on any atom is 0.0932 e. The fourth-order valence-corrected chi connectivity index (χ4v) is 6.72. The molecule has 0 bridgehead atoms. The number of nitrogens with zero attached hydrogens (tertiary/aromatic N) is 1. The predicted octanol–water partition coefficient (Wildman–Crippen LogP) is 5.44. The molecule has 6 heteroatoms. The summed E-state index contributed by atoms with van der Waals surface area (Å²) in [6.45, 7) is 13.8. The monoisotopic (exact) mass is 358 g/mol. The lowest BCUT2D eigenvalue weighted by molar-refractivity contribution is 0.537. The number of imidazole rings is 1. The zero-order valence-electron chi connectivity index (χ0n) is 13.7. The molecule has 1 N–H and O–H groups in total. The van der Waals surface area contributed by atoms with Crippen molar-refractivity contribution in [2.45, 2.75) is 52.4 Å². The van der Waals surface area contributed by atoms with E-state index in [1.54, 1.807) is 0 Å².